The first-order valence-corrected chi connectivity index (χ1v) is 12.5. The van der Waals surface area contributed by atoms with Crippen molar-refractivity contribution in [1.29, 1.82) is 5.26 Å². The summed E-state index contributed by atoms with van der Waals surface area (Å²) in [7, 11) is 0. The fourth-order valence-corrected chi connectivity index (χ4v) is 4.90. The molecular weight excluding hydrogens is 448 g/mol. The Hall–Kier alpha value is -3.95. The highest BCUT2D eigenvalue weighted by atomic mass is 16.5. The van der Waals surface area contributed by atoms with E-state index in [1.165, 1.54) is 16.7 Å². The van der Waals surface area contributed by atoms with E-state index in [0.717, 1.165) is 24.9 Å². The Morgan fingerprint density at radius 3 is 2.69 bits per heavy atom. The predicted molar refractivity (Wildman–Crippen MR) is 140 cm³/mol. The van der Waals surface area contributed by atoms with Crippen LogP contribution in [0.5, 0.6) is 5.75 Å². The van der Waals surface area contributed by atoms with Crippen molar-refractivity contribution in [3.05, 3.63) is 89.0 Å². The Morgan fingerprint density at radius 1 is 1.08 bits per heavy atom. The molecule has 0 saturated carbocycles. The standard InChI is InChI=1S/C30H30N4O2/c1-19(2)35-28-15-13-22(16-24(28)17-31)30-33-29(34-36-30)27-11-7-10-25-23(12-14-26(25)27)18-32-20(3)21-8-5-4-6-9-21/h4-11,13,15-16,19-20,23,32H,12,14,18H2,1-3H3. The summed E-state index contributed by atoms with van der Waals surface area (Å²) >= 11 is 0. The molecule has 2 unspecified atom stereocenters. The Morgan fingerprint density at radius 2 is 1.92 bits per heavy atom. The maximum Gasteiger partial charge on any atom is 0.258 e. The van der Waals surface area contributed by atoms with Gasteiger partial charge in [-0.15, -0.1) is 0 Å². The molecule has 0 radical (unpaired) electrons. The Bertz CT molecular complexity index is 1390. The van der Waals surface area contributed by atoms with E-state index >= 15 is 0 Å². The second-order valence-electron chi connectivity index (χ2n) is 9.56. The third kappa shape index (κ3) is 4.89. The van der Waals surface area contributed by atoms with Crippen molar-refractivity contribution < 1.29 is 9.26 Å². The second kappa shape index (κ2) is 10.3. The van der Waals surface area contributed by atoms with Crippen LogP contribution in [0.3, 0.4) is 0 Å². The first-order chi connectivity index (χ1) is 17.5. The zero-order valence-corrected chi connectivity index (χ0v) is 20.9. The normalized spacial score (nSPS) is 15.5. The van der Waals surface area contributed by atoms with E-state index < -0.39 is 0 Å². The molecule has 0 bridgehead atoms. The van der Waals surface area contributed by atoms with Crippen molar-refractivity contribution in [2.45, 2.75) is 51.7 Å². The molecule has 3 aromatic carbocycles. The molecule has 36 heavy (non-hydrogen) atoms. The molecule has 6 nitrogen and oxygen atoms in total. The van der Waals surface area contributed by atoms with Crippen LogP contribution in [0.15, 0.2) is 71.3 Å². The first kappa shape index (κ1) is 23.8. The van der Waals surface area contributed by atoms with Crippen LogP contribution in [0.4, 0.5) is 0 Å². The van der Waals surface area contributed by atoms with Crippen molar-refractivity contribution in [2.24, 2.45) is 0 Å². The van der Waals surface area contributed by atoms with Crippen LogP contribution in [0.25, 0.3) is 22.8 Å². The molecule has 1 aliphatic rings. The summed E-state index contributed by atoms with van der Waals surface area (Å²) in [4.78, 5) is 4.69. The molecule has 1 aromatic heterocycles. The van der Waals surface area contributed by atoms with Crippen molar-refractivity contribution in [3.8, 4) is 34.7 Å². The van der Waals surface area contributed by atoms with E-state index in [9.17, 15) is 5.26 Å². The highest BCUT2D eigenvalue weighted by Crippen LogP contribution is 2.39. The van der Waals surface area contributed by atoms with Gasteiger partial charge in [0, 0.05) is 23.7 Å². The molecule has 5 rings (SSSR count). The van der Waals surface area contributed by atoms with E-state index in [4.69, 9.17) is 9.26 Å². The van der Waals surface area contributed by atoms with Crippen molar-refractivity contribution in [3.63, 3.8) is 0 Å². The average molecular weight is 479 g/mol. The summed E-state index contributed by atoms with van der Waals surface area (Å²) < 4.78 is 11.3. The quantitative estimate of drug-likeness (QED) is 0.314. The zero-order chi connectivity index (χ0) is 25.1. The van der Waals surface area contributed by atoms with E-state index in [2.05, 4.69) is 70.9 Å². The third-order valence-electron chi connectivity index (χ3n) is 6.74. The summed E-state index contributed by atoms with van der Waals surface area (Å²) in [5, 5.41) is 17.6. The number of ether oxygens (including phenoxy) is 1. The minimum Gasteiger partial charge on any atom is -0.490 e. The van der Waals surface area contributed by atoms with Gasteiger partial charge >= 0.3 is 0 Å². The van der Waals surface area contributed by atoms with Crippen LogP contribution in [0, 0.1) is 11.3 Å². The van der Waals surface area contributed by atoms with Gasteiger partial charge in [-0.05, 0) is 74.4 Å². The van der Waals surface area contributed by atoms with Crippen LogP contribution in [0.1, 0.15) is 61.4 Å². The number of hydrogen-bond donors (Lipinski definition) is 1. The van der Waals surface area contributed by atoms with Gasteiger partial charge in [0.25, 0.3) is 5.89 Å². The second-order valence-corrected chi connectivity index (χ2v) is 9.56. The SMILES string of the molecule is CC(C)Oc1ccc(-c2nc(-c3cccc4c3CCC4CNC(C)c3ccccc3)no2)cc1C#N. The smallest absolute Gasteiger partial charge is 0.258 e. The van der Waals surface area contributed by atoms with Gasteiger partial charge in [-0.2, -0.15) is 10.2 Å². The van der Waals surface area contributed by atoms with Crippen LogP contribution in [-0.4, -0.2) is 22.8 Å². The van der Waals surface area contributed by atoms with Crippen LogP contribution in [0.2, 0.25) is 0 Å². The largest absolute Gasteiger partial charge is 0.490 e. The maximum absolute atomic E-state index is 9.56. The van der Waals surface area contributed by atoms with E-state index in [0.29, 0.717) is 40.6 Å². The van der Waals surface area contributed by atoms with Gasteiger partial charge in [0.05, 0.1) is 11.7 Å². The highest BCUT2D eigenvalue weighted by Gasteiger charge is 2.27. The summed E-state index contributed by atoms with van der Waals surface area (Å²) in [5.41, 5.74) is 6.11. The Balaban J connectivity index is 1.35. The van der Waals surface area contributed by atoms with Crippen LogP contribution < -0.4 is 10.1 Å². The van der Waals surface area contributed by atoms with Gasteiger partial charge in [0.1, 0.15) is 11.8 Å². The zero-order valence-electron chi connectivity index (χ0n) is 20.9. The summed E-state index contributed by atoms with van der Waals surface area (Å²) in [6, 6.07) is 24.8. The van der Waals surface area contributed by atoms with E-state index in [-0.39, 0.29) is 6.10 Å². The molecular formula is C30H30N4O2. The molecule has 0 fully saturated rings. The van der Waals surface area contributed by atoms with Crippen molar-refractivity contribution >= 4 is 0 Å². The topological polar surface area (TPSA) is 84.0 Å². The molecule has 0 spiro atoms. The van der Waals surface area contributed by atoms with Crippen LogP contribution >= 0.6 is 0 Å². The van der Waals surface area contributed by atoms with Gasteiger partial charge < -0.3 is 14.6 Å². The number of rotatable bonds is 8. The van der Waals surface area contributed by atoms with E-state index in [1.54, 1.807) is 12.1 Å². The number of nitrogens with zero attached hydrogens (tertiary/aromatic N) is 3. The van der Waals surface area contributed by atoms with Crippen LogP contribution in [-0.2, 0) is 6.42 Å². The number of benzene rings is 3. The lowest BCUT2D eigenvalue weighted by atomic mass is 9.97. The summed E-state index contributed by atoms with van der Waals surface area (Å²) in [6.07, 6.45) is 2.06. The minimum atomic E-state index is -0.0151. The molecule has 0 saturated heterocycles. The highest BCUT2D eigenvalue weighted by molar-refractivity contribution is 5.67. The molecule has 2 atom stereocenters. The van der Waals surface area contributed by atoms with Crippen molar-refractivity contribution in [2.75, 3.05) is 6.54 Å². The lowest BCUT2D eigenvalue weighted by Crippen LogP contribution is -2.23. The van der Waals surface area contributed by atoms with Gasteiger partial charge in [-0.25, -0.2) is 0 Å². The maximum atomic E-state index is 9.56. The Kier molecular flexibility index (Phi) is 6.84. The molecule has 0 amide bonds. The van der Waals surface area contributed by atoms with E-state index in [1.807, 2.05) is 26.0 Å². The molecule has 0 aliphatic heterocycles. The van der Waals surface area contributed by atoms with Gasteiger partial charge in [0.15, 0.2) is 0 Å². The minimum absolute atomic E-state index is 0.0151. The summed E-state index contributed by atoms with van der Waals surface area (Å²) in [6.45, 7) is 7.00. The summed E-state index contributed by atoms with van der Waals surface area (Å²) in [5.74, 6) is 1.97. The molecule has 4 aromatic rings. The number of nitrogens with one attached hydrogen (secondary N) is 1. The lowest BCUT2D eigenvalue weighted by molar-refractivity contribution is 0.241. The predicted octanol–water partition coefficient (Wildman–Crippen LogP) is 6.44. The molecule has 1 heterocycles. The average Bonchev–Trinajstić information content (AvgIpc) is 3.55. The number of hydrogen-bond acceptors (Lipinski definition) is 6. The van der Waals surface area contributed by atoms with Gasteiger partial charge in [-0.3, -0.25) is 0 Å². The fraction of sp³-hybridized carbons (Fsp3) is 0.300. The molecule has 1 aliphatic carbocycles. The number of aromatic nitrogens is 2. The van der Waals surface area contributed by atoms with Crippen molar-refractivity contribution in [1.82, 2.24) is 15.5 Å². The van der Waals surface area contributed by atoms with Gasteiger partial charge in [-0.1, -0.05) is 53.7 Å². The number of nitriles is 1. The lowest BCUT2D eigenvalue weighted by Gasteiger charge is -2.18. The molecule has 1 N–H and O–H groups in total. The monoisotopic (exact) mass is 478 g/mol. The van der Waals surface area contributed by atoms with Gasteiger partial charge in [0.2, 0.25) is 5.82 Å². The third-order valence-corrected chi connectivity index (χ3v) is 6.74. The molecule has 6 heteroatoms. The first-order valence-electron chi connectivity index (χ1n) is 12.5. The number of fused-ring (bicyclic) bond motifs is 1. The molecule has 182 valence electrons. The fourth-order valence-electron chi connectivity index (χ4n) is 4.90. The Labute approximate surface area is 211 Å².